The van der Waals surface area contributed by atoms with Gasteiger partial charge in [0, 0.05) is 25.2 Å². The highest BCUT2D eigenvalue weighted by Crippen LogP contribution is 2.41. The van der Waals surface area contributed by atoms with Gasteiger partial charge < -0.3 is 4.90 Å². The fourth-order valence-corrected chi connectivity index (χ4v) is 1.77. The van der Waals surface area contributed by atoms with E-state index >= 15 is 0 Å². The van der Waals surface area contributed by atoms with E-state index < -0.39 is 29.1 Å². The van der Waals surface area contributed by atoms with Gasteiger partial charge in [-0.15, -0.1) is 0 Å². The summed E-state index contributed by atoms with van der Waals surface area (Å²) in [6.07, 6.45) is -10.2. The molecule has 8 heteroatoms. The Bertz CT molecular complexity index is 583. The Kier molecular flexibility index (Phi) is 4.94. The van der Waals surface area contributed by atoms with E-state index in [4.69, 9.17) is 0 Å². The molecule has 0 aliphatic rings. The molecule has 22 heavy (non-hydrogen) atoms. The van der Waals surface area contributed by atoms with Gasteiger partial charge in [0.05, 0.1) is 5.57 Å². The molecule has 122 valence electrons. The van der Waals surface area contributed by atoms with Crippen molar-refractivity contribution in [3.05, 3.63) is 35.4 Å². The van der Waals surface area contributed by atoms with Crippen LogP contribution in [-0.2, 0) is 4.79 Å². The van der Waals surface area contributed by atoms with Gasteiger partial charge in [0.15, 0.2) is 0 Å². The van der Waals surface area contributed by atoms with E-state index in [0.717, 1.165) is 29.2 Å². The highest BCUT2D eigenvalue weighted by Gasteiger charge is 2.43. The Morgan fingerprint density at radius 2 is 1.36 bits per heavy atom. The number of hydrogen-bond acceptors (Lipinski definition) is 1. The Hall–Kier alpha value is -1.99. The number of halogens is 6. The number of benzene rings is 1. The lowest BCUT2D eigenvalue weighted by molar-refractivity contribution is -0.116. The maximum Gasteiger partial charge on any atom is 0.417 e. The molecule has 1 rings (SSSR count). The number of alkyl halides is 6. The lowest BCUT2D eigenvalue weighted by Gasteiger charge is -2.19. The second-order valence-electron chi connectivity index (χ2n) is 4.62. The molecule has 2 nitrogen and oxygen atoms in total. The summed E-state index contributed by atoms with van der Waals surface area (Å²) in [5.74, 6) is -0.356. The van der Waals surface area contributed by atoms with Gasteiger partial charge in [0.25, 0.3) is 0 Å². The summed E-state index contributed by atoms with van der Waals surface area (Å²) in [5, 5.41) is 0. The minimum Gasteiger partial charge on any atom is -0.316 e. The zero-order valence-corrected chi connectivity index (χ0v) is 11.9. The zero-order valence-electron chi connectivity index (χ0n) is 11.9. The van der Waals surface area contributed by atoms with Gasteiger partial charge in [-0.3, -0.25) is 4.79 Å². The number of amides is 1. The molecule has 0 spiro atoms. The van der Waals surface area contributed by atoms with Crippen molar-refractivity contribution in [2.45, 2.75) is 26.2 Å². The molecule has 1 amide bonds. The second-order valence-corrected chi connectivity index (χ2v) is 4.62. The number of anilines is 1. The van der Waals surface area contributed by atoms with Crippen LogP contribution >= 0.6 is 0 Å². The Labute approximate surface area is 123 Å². The van der Waals surface area contributed by atoms with E-state index in [1.54, 1.807) is 0 Å². The predicted octanol–water partition coefficient (Wildman–Crippen LogP) is 4.57. The quantitative estimate of drug-likeness (QED) is 0.730. The number of hydrogen-bond donors (Lipinski definition) is 0. The summed E-state index contributed by atoms with van der Waals surface area (Å²) in [4.78, 5) is 12.3. The number of carbonyl (C=O) groups is 1. The first-order chi connectivity index (χ1) is 9.85. The number of nitrogens with zero attached hydrogens (tertiary/aromatic N) is 1. The van der Waals surface area contributed by atoms with Crippen molar-refractivity contribution in [1.29, 1.82) is 0 Å². The molecule has 0 bridgehead atoms. The van der Waals surface area contributed by atoms with Crippen molar-refractivity contribution in [2.75, 3.05) is 11.9 Å². The molecule has 0 saturated heterocycles. The van der Waals surface area contributed by atoms with Crippen LogP contribution in [0, 0.1) is 0 Å². The van der Waals surface area contributed by atoms with E-state index in [2.05, 4.69) is 0 Å². The van der Waals surface area contributed by atoms with Gasteiger partial charge in [-0.25, -0.2) is 0 Å². The highest BCUT2D eigenvalue weighted by atomic mass is 19.4. The van der Waals surface area contributed by atoms with Gasteiger partial charge in [0.2, 0.25) is 5.91 Å². The van der Waals surface area contributed by atoms with Gasteiger partial charge in [-0.05, 0) is 24.6 Å². The van der Waals surface area contributed by atoms with E-state index in [-0.39, 0.29) is 11.6 Å². The predicted molar refractivity (Wildman–Crippen MR) is 70.2 cm³/mol. The van der Waals surface area contributed by atoms with Crippen molar-refractivity contribution in [3.63, 3.8) is 0 Å². The van der Waals surface area contributed by atoms with Crippen LogP contribution in [-0.4, -0.2) is 25.3 Å². The molecule has 0 aromatic heterocycles. The first-order valence-corrected chi connectivity index (χ1v) is 6.05. The van der Waals surface area contributed by atoms with Crippen molar-refractivity contribution in [1.82, 2.24) is 0 Å². The molecule has 0 radical (unpaired) electrons. The molecular formula is C14H13F6NO. The average Bonchev–Trinajstić information content (AvgIpc) is 2.36. The highest BCUT2D eigenvalue weighted by molar-refractivity contribution is 5.91. The average molecular weight is 325 g/mol. The van der Waals surface area contributed by atoms with Crippen LogP contribution in [0.25, 0.3) is 5.57 Å². The van der Waals surface area contributed by atoms with Gasteiger partial charge in [-0.1, -0.05) is 12.1 Å². The Morgan fingerprint density at radius 1 is 0.909 bits per heavy atom. The maximum atomic E-state index is 13.0. The van der Waals surface area contributed by atoms with Crippen LogP contribution in [0.1, 0.15) is 19.4 Å². The molecule has 0 atom stereocenters. The second kappa shape index (κ2) is 6.02. The summed E-state index contributed by atoms with van der Waals surface area (Å²) >= 11 is 0. The Balaban J connectivity index is 3.39. The lowest BCUT2D eigenvalue weighted by Crippen LogP contribution is -2.23. The smallest absolute Gasteiger partial charge is 0.316 e. The molecule has 0 unspecified atom stereocenters. The van der Waals surface area contributed by atoms with E-state index in [0.29, 0.717) is 6.92 Å². The third-order valence-electron chi connectivity index (χ3n) is 3.10. The van der Waals surface area contributed by atoms with E-state index in [1.807, 2.05) is 0 Å². The van der Waals surface area contributed by atoms with Gasteiger partial charge in [0.1, 0.15) is 0 Å². The topological polar surface area (TPSA) is 20.3 Å². The van der Waals surface area contributed by atoms with Crippen LogP contribution in [0.2, 0.25) is 0 Å². The van der Waals surface area contributed by atoms with Crippen LogP contribution in [0.15, 0.2) is 29.8 Å². The molecule has 0 N–H and O–H groups in total. The van der Waals surface area contributed by atoms with Crippen LogP contribution in [0.5, 0.6) is 0 Å². The first kappa shape index (κ1) is 18.1. The van der Waals surface area contributed by atoms with E-state index in [9.17, 15) is 31.1 Å². The summed E-state index contributed by atoms with van der Waals surface area (Å²) < 4.78 is 76.7. The van der Waals surface area contributed by atoms with Crippen LogP contribution in [0.4, 0.5) is 32.0 Å². The minimum atomic E-state index is -5.15. The molecule has 0 heterocycles. The van der Waals surface area contributed by atoms with Crippen LogP contribution in [0.3, 0.4) is 0 Å². The summed E-state index contributed by atoms with van der Waals surface area (Å²) in [7, 11) is 1.40. The van der Waals surface area contributed by atoms with Crippen molar-refractivity contribution in [2.24, 2.45) is 0 Å². The molecule has 0 aliphatic carbocycles. The summed E-state index contributed by atoms with van der Waals surface area (Å²) in [5.41, 5.74) is -3.78. The Morgan fingerprint density at radius 3 is 1.68 bits per heavy atom. The third-order valence-corrected chi connectivity index (χ3v) is 3.10. The molecule has 1 aromatic rings. The van der Waals surface area contributed by atoms with Crippen LogP contribution < -0.4 is 4.90 Å². The standard InChI is InChI=1S/C14H13F6NO/c1-8(13(15,16)17)12(14(18,19)20)10-4-6-11(7-5-10)21(3)9(2)22/h4-7H,1-3H3/b12-8+. The number of carbonyl (C=O) groups excluding carboxylic acids is 1. The first-order valence-electron chi connectivity index (χ1n) is 6.05. The minimum absolute atomic E-state index is 0.280. The molecule has 1 aromatic carbocycles. The van der Waals surface area contributed by atoms with E-state index in [1.165, 1.54) is 14.0 Å². The number of allylic oxidation sites excluding steroid dienone is 2. The number of rotatable bonds is 2. The lowest BCUT2D eigenvalue weighted by atomic mass is 9.99. The van der Waals surface area contributed by atoms with Gasteiger partial charge in [-0.2, -0.15) is 26.3 Å². The van der Waals surface area contributed by atoms with Crippen molar-refractivity contribution >= 4 is 17.2 Å². The SMILES string of the molecule is CC(=O)N(C)c1ccc(/C(=C(/C)C(F)(F)F)C(F)(F)F)cc1. The molecule has 0 saturated carbocycles. The molecule has 0 fully saturated rings. The summed E-state index contributed by atoms with van der Waals surface area (Å²) in [6.45, 7) is 1.64. The maximum absolute atomic E-state index is 13.0. The zero-order chi connectivity index (χ0) is 17.3. The fraction of sp³-hybridized carbons (Fsp3) is 0.357. The molecule has 0 aliphatic heterocycles. The van der Waals surface area contributed by atoms with Crippen molar-refractivity contribution in [3.8, 4) is 0 Å². The normalized spacial score (nSPS) is 13.7. The molecular weight excluding hydrogens is 312 g/mol. The summed E-state index contributed by atoms with van der Waals surface area (Å²) in [6, 6.07) is 4.14. The monoisotopic (exact) mass is 325 g/mol. The largest absolute Gasteiger partial charge is 0.417 e. The fourth-order valence-electron chi connectivity index (χ4n) is 1.77. The van der Waals surface area contributed by atoms with Gasteiger partial charge >= 0.3 is 12.4 Å². The third kappa shape index (κ3) is 4.02. The van der Waals surface area contributed by atoms with Crippen molar-refractivity contribution < 1.29 is 31.1 Å².